The second kappa shape index (κ2) is 9.67. The van der Waals surface area contributed by atoms with Gasteiger partial charge in [-0.25, -0.2) is 0 Å². The molecule has 0 unspecified atom stereocenters. The Labute approximate surface area is 162 Å². The molecule has 0 aromatic heterocycles. The Morgan fingerprint density at radius 3 is 1.85 bits per heavy atom. The molecule has 1 aromatic carbocycles. The zero-order valence-corrected chi connectivity index (χ0v) is 16.2. The third kappa shape index (κ3) is 5.40. The molecule has 0 aliphatic carbocycles. The average molecular weight is 370 g/mol. The van der Waals surface area contributed by atoms with Crippen LogP contribution in [0.3, 0.4) is 0 Å². The van der Waals surface area contributed by atoms with E-state index in [1.54, 1.807) is 9.80 Å². The fourth-order valence-electron chi connectivity index (χ4n) is 3.57. The van der Waals surface area contributed by atoms with Gasteiger partial charge < -0.3 is 14.7 Å². The lowest BCUT2D eigenvalue weighted by Gasteiger charge is -2.37. The van der Waals surface area contributed by atoms with E-state index in [1.165, 1.54) is 5.56 Å². The van der Waals surface area contributed by atoms with Crippen LogP contribution in [-0.4, -0.2) is 96.9 Å². The third-order valence-electron chi connectivity index (χ3n) is 5.42. The lowest BCUT2D eigenvalue weighted by molar-refractivity contribution is -0.153. The van der Waals surface area contributed by atoms with Crippen LogP contribution >= 0.6 is 0 Å². The molecule has 146 valence electrons. The highest BCUT2D eigenvalue weighted by Crippen LogP contribution is 2.08. The van der Waals surface area contributed by atoms with E-state index >= 15 is 0 Å². The van der Waals surface area contributed by atoms with Crippen molar-refractivity contribution in [2.24, 2.45) is 0 Å². The van der Waals surface area contributed by atoms with Crippen LogP contribution in [0.5, 0.6) is 0 Å². The molecule has 0 N–H and O–H groups in total. The molecule has 1 aromatic rings. The van der Waals surface area contributed by atoms with Gasteiger partial charge in [0.05, 0.1) is 0 Å². The number of amides is 2. The van der Waals surface area contributed by atoms with Crippen molar-refractivity contribution < 1.29 is 9.59 Å². The summed E-state index contributed by atoms with van der Waals surface area (Å²) in [4.78, 5) is 33.1. The molecule has 3 rings (SSSR count). The van der Waals surface area contributed by atoms with Gasteiger partial charge in [0.25, 0.3) is 0 Å². The Balaban J connectivity index is 1.41. The summed E-state index contributed by atoms with van der Waals surface area (Å²) in [5.41, 5.74) is 1.19. The monoisotopic (exact) mass is 370 g/mol. The number of nitrogens with zero attached hydrogens (tertiary/aromatic N) is 4. The van der Waals surface area contributed by atoms with Gasteiger partial charge in [0.1, 0.15) is 0 Å². The van der Waals surface area contributed by atoms with Crippen molar-refractivity contribution in [1.82, 2.24) is 19.6 Å². The van der Waals surface area contributed by atoms with Crippen LogP contribution in [0.1, 0.15) is 12.5 Å². The van der Waals surface area contributed by atoms with Crippen LogP contribution in [0.15, 0.2) is 36.4 Å². The van der Waals surface area contributed by atoms with Gasteiger partial charge in [-0.2, -0.15) is 0 Å². The summed E-state index contributed by atoms with van der Waals surface area (Å²) in [5.74, 6) is -0.664. The number of likely N-dealkylation sites (N-methyl/N-ethyl adjacent to an activating group) is 1. The van der Waals surface area contributed by atoms with E-state index in [4.69, 9.17) is 0 Å². The number of carbonyl (C=O) groups is 2. The molecule has 2 aliphatic heterocycles. The summed E-state index contributed by atoms with van der Waals surface area (Å²) >= 11 is 0. The van der Waals surface area contributed by atoms with Gasteiger partial charge in [-0.15, -0.1) is 0 Å². The quantitative estimate of drug-likeness (QED) is 0.742. The predicted octanol–water partition coefficient (Wildman–Crippen LogP) is 1.01. The van der Waals surface area contributed by atoms with Gasteiger partial charge in [-0.3, -0.25) is 14.5 Å². The largest absolute Gasteiger partial charge is 0.332 e. The Morgan fingerprint density at radius 2 is 1.33 bits per heavy atom. The number of rotatable bonds is 4. The van der Waals surface area contributed by atoms with Crippen LogP contribution in [0.4, 0.5) is 0 Å². The maximum Gasteiger partial charge on any atom is 0.312 e. The van der Waals surface area contributed by atoms with Crippen LogP contribution in [0.2, 0.25) is 0 Å². The molecule has 2 heterocycles. The SMILES string of the molecule is CCN1CCN(C(=O)C(=O)N2CCN(C/C=C/c3ccccc3)CC2)CC1. The molecule has 0 atom stereocenters. The van der Waals surface area contributed by atoms with Crippen LogP contribution in [0.25, 0.3) is 6.08 Å². The zero-order chi connectivity index (χ0) is 19.1. The van der Waals surface area contributed by atoms with Crippen molar-refractivity contribution in [3.8, 4) is 0 Å². The molecule has 0 spiro atoms. The molecule has 0 radical (unpaired) electrons. The van der Waals surface area contributed by atoms with Crippen molar-refractivity contribution in [1.29, 1.82) is 0 Å². The molecular formula is C21H30N4O2. The summed E-state index contributed by atoms with van der Waals surface area (Å²) in [6, 6.07) is 10.2. The van der Waals surface area contributed by atoms with Gasteiger partial charge in [-0.05, 0) is 12.1 Å². The number of benzene rings is 1. The second-order valence-corrected chi connectivity index (χ2v) is 7.13. The molecule has 2 fully saturated rings. The average Bonchev–Trinajstić information content (AvgIpc) is 2.74. The molecule has 2 aliphatic rings. The standard InChI is InChI=1S/C21H30N4O2/c1-2-22-11-15-24(16-12-22)20(26)21(27)25-17-13-23(14-18-25)10-6-9-19-7-4-3-5-8-19/h3-9H,2,10-18H2,1H3/b9-6+. The van der Waals surface area contributed by atoms with E-state index in [2.05, 4.69) is 41.0 Å². The highest BCUT2D eigenvalue weighted by atomic mass is 16.2. The van der Waals surface area contributed by atoms with E-state index in [9.17, 15) is 9.59 Å². The first-order valence-electron chi connectivity index (χ1n) is 9.92. The summed E-state index contributed by atoms with van der Waals surface area (Å²) in [6.07, 6.45) is 4.28. The minimum atomic E-state index is -0.334. The summed E-state index contributed by atoms with van der Waals surface area (Å²) in [7, 11) is 0. The van der Waals surface area contributed by atoms with E-state index in [1.807, 2.05) is 18.2 Å². The Kier molecular flexibility index (Phi) is 7.01. The Hall–Kier alpha value is -2.18. The third-order valence-corrected chi connectivity index (χ3v) is 5.42. The minimum Gasteiger partial charge on any atom is -0.332 e. The molecule has 2 amide bonds. The van der Waals surface area contributed by atoms with E-state index in [0.29, 0.717) is 26.2 Å². The topological polar surface area (TPSA) is 47.1 Å². The number of piperazine rings is 2. The van der Waals surface area contributed by atoms with Crippen LogP contribution in [-0.2, 0) is 9.59 Å². The summed E-state index contributed by atoms with van der Waals surface area (Å²) in [5, 5.41) is 0. The smallest absolute Gasteiger partial charge is 0.312 e. The number of hydrogen-bond acceptors (Lipinski definition) is 4. The fourth-order valence-corrected chi connectivity index (χ4v) is 3.57. The fraction of sp³-hybridized carbons (Fsp3) is 0.524. The normalized spacial score (nSPS) is 19.6. The maximum atomic E-state index is 12.5. The highest BCUT2D eigenvalue weighted by Gasteiger charge is 2.30. The zero-order valence-electron chi connectivity index (χ0n) is 16.2. The van der Waals surface area contributed by atoms with Crippen LogP contribution in [0, 0.1) is 0 Å². The lowest BCUT2D eigenvalue weighted by Crippen LogP contribution is -2.56. The Morgan fingerprint density at radius 1 is 0.815 bits per heavy atom. The van der Waals surface area contributed by atoms with Gasteiger partial charge in [0, 0.05) is 58.9 Å². The molecule has 2 saturated heterocycles. The molecule has 27 heavy (non-hydrogen) atoms. The van der Waals surface area contributed by atoms with E-state index < -0.39 is 0 Å². The van der Waals surface area contributed by atoms with Crippen LogP contribution < -0.4 is 0 Å². The van der Waals surface area contributed by atoms with Crippen molar-refractivity contribution in [3.63, 3.8) is 0 Å². The first kappa shape index (κ1) is 19.6. The first-order chi connectivity index (χ1) is 13.2. The van der Waals surface area contributed by atoms with Crippen molar-refractivity contribution in [2.45, 2.75) is 6.92 Å². The van der Waals surface area contributed by atoms with Crippen molar-refractivity contribution in [2.75, 3.05) is 65.4 Å². The van der Waals surface area contributed by atoms with Gasteiger partial charge >= 0.3 is 11.8 Å². The lowest BCUT2D eigenvalue weighted by atomic mass is 10.2. The molecule has 6 heteroatoms. The minimum absolute atomic E-state index is 0.330. The molecule has 0 bridgehead atoms. The number of hydrogen-bond donors (Lipinski definition) is 0. The van der Waals surface area contributed by atoms with Crippen molar-refractivity contribution >= 4 is 17.9 Å². The summed E-state index contributed by atoms with van der Waals surface area (Å²) in [6.45, 7) is 9.87. The van der Waals surface area contributed by atoms with E-state index in [0.717, 1.165) is 39.3 Å². The van der Waals surface area contributed by atoms with Crippen molar-refractivity contribution in [3.05, 3.63) is 42.0 Å². The van der Waals surface area contributed by atoms with Gasteiger partial charge in [0.15, 0.2) is 0 Å². The molecular weight excluding hydrogens is 340 g/mol. The maximum absolute atomic E-state index is 12.5. The first-order valence-corrected chi connectivity index (χ1v) is 9.92. The molecule has 6 nitrogen and oxygen atoms in total. The van der Waals surface area contributed by atoms with E-state index in [-0.39, 0.29) is 11.8 Å². The highest BCUT2D eigenvalue weighted by molar-refractivity contribution is 6.34. The summed E-state index contributed by atoms with van der Waals surface area (Å²) < 4.78 is 0. The van der Waals surface area contributed by atoms with Gasteiger partial charge in [0.2, 0.25) is 0 Å². The Bertz CT molecular complexity index is 645. The molecule has 0 saturated carbocycles. The van der Waals surface area contributed by atoms with Gasteiger partial charge in [-0.1, -0.05) is 49.4 Å². The second-order valence-electron chi connectivity index (χ2n) is 7.13. The predicted molar refractivity (Wildman–Crippen MR) is 107 cm³/mol. The number of carbonyl (C=O) groups excluding carboxylic acids is 2.